The molecule has 0 spiro atoms. The van der Waals surface area contributed by atoms with Crippen LogP contribution in [-0.2, 0) is 19.9 Å². The highest BCUT2D eigenvalue weighted by Gasteiger charge is 2.34. The molecule has 0 aliphatic rings. The number of methoxy groups -OCH3 is 3. The summed E-state index contributed by atoms with van der Waals surface area (Å²) < 4.78 is 70.8. The third kappa shape index (κ3) is 5.03. The maximum Gasteiger partial charge on any atom is 0.232 e. The van der Waals surface area contributed by atoms with Crippen molar-refractivity contribution >= 4 is 31.1 Å². The fraction of sp³-hybridized carbons (Fsp3) is 0.435. The average molecular weight is 526 g/mol. The molecule has 0 aliphatic carbocycles. The Labute approximate surface area is 206 Å². The standard InChI is InChI=1S/C23H31N3O7S2/c1-8-9-34(27,28)25-17-10-15(11-19(31-5)22(17)33-7)16-13-24-26-14-20(32-6)21(12-18(16)26)35(29,30)23(2,3)4/h10-14,25H,8-9H2,1-7H3. The van der Waals surface area contributed by atoms with Crippen LogP contribution in [0.15, 0.2) is 35.5 Å². The second kappa shape index (κ2) is 9.57. The van der Waals surface area contributed by atoms with E-state index >= 15 is 0 Å². The predicted molar refractivity (Wildman–Crippen MR) is 135 cm³/mol. The molecule has 0 amide bonds. The van der Waals surface area contributed by atoms with E-state index in [0.717, 1.165) is 0 Å². The lowest BCUT2D eigenvalue weighted by Gasteiger charge is -2.21. The quantitative estimate of drug-likeness (QED) is 0.448. The van der Waals surface area contributed by atoms with Gasteiger partial charge in [-0.25, -0.2) is 21.4 Å². The summed E-state index contributed by atoms with van der Waals surface area (Å²) in [4.78, 5) is 0.0334. The lowest BCUT2D eigenvalue weighted by molar-refractivity contribution is 0.356. The van der Waals surface area contributed by atoms with Gasteiger partial charge in [-0.3, -0.25) is 4.72 Å². The Balaban J connectivity index is 2.29. The van der Waals surface area contributed by atoms with Crippen molar-refractivity contribution in [1.29, 1.82) is 0 Å². The van der Waals surface area contributed by atoms with E-state index < -0.39 is 24.6 Å². The van der Waals surface area contributed by atoms with E-state index in [1.807, 2.05) is 0 Å². The topological polar surface area (TPSA) is 125 Å². The van der Waals surface area contributed by atoms with Crippen LogP contribution >= 0.6 is 0 Å². The minimum atomic E-state index is -3.75. The van der Waals surface area contributed by atoms with E-state index in [9.17, 15) is 16.8 Å². The lowest BCUT2D eigenvalue weighted by Crippen LogP contribution is -2.28. The molecule has 0 radical (unpaired) electrons. The number of pyridine rings is 1. The van der Waals surface area contributed by atoms with Gasteiger partial charge >= 0.3 is 0 Å². The first-order valence-electron chi connectivity index (χ1n) is 10.9. The zero-order valence-corrected chi connectivity index (χ0v) is 22.5. The summed E-state index contributed by atoms with van der Waals surface area (Å²) >= 11 is 0. The SMILES string of the molecule is CCCS(=O)(=O)Nc1cc(-c2cnn3cc(OC)c(S(=O)(=O)C(C)(C)C)cc23)cc(OC)c1OC. The molecular formula is C23H31N3O7S2. The zero-order valence-electron chi connectivity index (χ0n) is 20.9. The second-order valence-corrected chi connectivity index (χ2v) is 13.4. The number of fused-ring (bicyclic) bond motifs is 1. The molecule has 0 fully saturated rings. The number of aromatic nitrogens is 2. The first-order valence-corrected chi connectivity index (χ1v) is 14.0. The number of hydrogen-bond acceptors (Lipinski definition) is 8. The number of nitrogens with one attached hydrogen (secondary N) is 1. The molecule has 3 aromatic rings. The van der Waals surface area contributed by atoms with Crippen LogP contribution in [0.5, 0.6) is 17.2 Å². The van der Waals surface area contributed by atoms with E-state index in [0.29, 0.717) is 28.8 Å². The molecule has 12 heteroatoms. The molecule has 0 bridgehead atoms. The number of anilines is 1. The maximum absolute atomic E-state index is 13.3. The van der Waals surface area contributed by atoms with Gasteiger partial charge < -0.3 is 14.2 Å². The van der Waals surface area contributed by atoms with Gasteiger partial charge in [0.05, 0.1) is 55.4 Å². The van der Waals surface area contributed by atoms with Gasteiger partial charge in [-0.2, -0.15) is 5.10 Å². The van der Waals surface area contributed by atoms with Gasteiger partial charge in [0.15, 0.2) is 27.1 Å². The number of benzene rings is 1. The highest BCUT2D eigenvalue weighted by molar-refractivity contribution is 7.93. The molecule has 10 nitrogen and oxygen atoms in total. The normalized spacial score (nSPS) is 12.5. The van der Waals surface area contributed by atoms with Gasteiger partial charge in [0.2, 0.25) is 10.0 Å². The molecule has 0 unspecified atom stereocenters. The molecule has 0 saturated heterocycles. The van der Waals surface area contributed by atoms with Gasteiger partial charge in [-0.15, -0.1) is 0 Å². The van der Waals surface area contributed by atoms with Crippen molar-refractivity contribution in [3.8, 4) is 28.4 Å². The fourth-order valence-electron chi connectivity index (χ4n) is 3.59. The summed E-state index contributed by atoms with van der Waals surface area (Å²) in [6.45, 7) is 6.62. The van der Waals surface area contributed by atoms with Crippen LogP contribution < -0.4 is 18.9 Å². The molecule has 1 aromatic carbocycles. The van der Waals surface area contributed by atoms with Crippen molar-refractivity contribution in [2.75, 3.05) is 31.8 Å². The molecule has 35 heavy (non-hydrogen) atoms. The Bertz CT molecular complexity index is 1450. The predicted octanol–water partition coefficient (Wildman–Crippen LogP) is 3.75. The van der Waals surface area contributed by atoms with E-state index in [-0.39, 0.29) is 27.8 Å². The van der Waals surface area contributed by atoms with Crippen molar-refractivity contribution in [1.82, 2.24) is 9.61 Å². The fourth-order valence-corrected chi connectivity index (χ4v) is 6.04. The first kappa shape index (κ1) is 26.6. The number of ether oxygens (including phenoxy) is 3. The smallest absolute Gasteiger partial charge is 0.232 e. The minimum absolute atomic E-state index is 0.0334. The molecule has 1 N–H and O–H groups in total. The minimum Gasteiger partial charge on any atom is -0.494 e. The van der Waals surface area contributed by atoms with Gasteiger partial charge in [0.25, 0.3) is 0 Å². The summed E-state index contributed by atoms with van der Waals surface area (Å²) in [5.41, 5.74) is 1.81. The molecule has 192 valence electrons. The van der Waals surface area contributed by atoms with Crippen LogP contribution in [0, 0.1) is 0 Å². The Morgan fingerprint density at radius 1 is 0.971 bits per heavy atom. The van der Waals surface area contributed by atoms with Crippen molar-refractivity contribution in [3.63, 3.8) is 0 Å². The third-order valence-corrected chi connectivity index (χ3v) is 9.42. The van der Waals surface area contributed by atoms with Crippen LogP contribution in [0.1, 0.15) is 34.1 Å². The summed E-state index contributed by atoms with van der Waals surface area (Å²) in [6.07, 6.45) is 3.51. The molecule has 2 heterocycles. The van der Waals surface area contributed by atoms with Gasteiger partial charge in [-0.05, 0) is 51.0 Å². The molecule has 2 aromatic heterocycles. The lowest BCUT2D eigenvalue weighted by atomic mass is 10.1. The van der Waals surface area contributed by atoms with Gasteiger partial charge in [-0.1, -0.05) is 6.92 Å². The highest BCUT2D eigenvalue weighted by Crippen LogP contribution is 2.42. The second-order valence-electron chi connectivity index (χ2n) is 8.89. The first-order chi connectivity index (χ1) is 16.3. The Morgan fingerprint density at radius 2 is 1.63 bits per heavy atom. The van der Waals surface area contributed by atoms with Crippen LogP contribution in [0.4, 0.5) is 5.69 Å². The number of hydrogen-bond donors (Lipinski definition) is 1. The zero-order chi connectivity index (χ0) is 26.2. The van der Waals surface area contributed by atoms with E-state index in [1.165, 1.54) is 38.1 Å². The third-order valence-electron chi connectivity index (χ3n) is 5.43. The molecule has 0 atom stereocenters. The Morgan fingerprint density at radius 3 is 2.17 bits per heavy atom. The van der Waals surface area contributed by atoms with Gasteiger partial charge in [0.1, 0.15) is 4.90 Å². The average Bonchev–Trinajstić information content (AvgIpc) is 3.19. The largest absolute Gasteiger partial charge is 0.494 e. The number of sulfone groups is 1. The van der Waals surface area contributed by atoms with Crippen molar-refractivity contribution in [2.45, 2.75) is 43.8 Å². The maximum atomic E-state index is 13.3. The number of rotatable bonds is 9. The Hall–Kier alpha value is -2.99. The van der Waals surface area contributed by atoms with Crippen LogP contribution in [0.2, 0.25) is 0 Å². The summed E-state index contributed by atoms with van der Waals surface area (Å²) in [5.74, 6) is 0.634. The summed E-state index contributed by atoms with van der Waals surface area (Å²) in [7, 11) is -3.11. The van der Waals surface area contributed by atoms with Crippen LogP contribution in [0.25, 0.3) is 16.6 Å². The van der Waals surface area contributed by atoms with E-state index in [2.05, 4.69) is 9.82 Å². The summed E-state index contributed by atoms with van der Waals surface area (Å²) in [5, 5.41) is 4.35. The monoisotopic (exact) mass is 525 g/mol. The molecule has 3 rings (SSSR count). The van der Waals surface area contributed by atoms with E-state index in [1.54, 1.807) is 46.0 Å². The van der Waals surface area contributed by atoms with Crippen LogP contribution in [0.3, 0.4) is 0 Å². The van der Waals surface area contributed by atoms with Crippen molar-refractivity contribution < 1.29 is 31.0 Å². The Kier molecular flexibility index (Phi) is 7.28. The van der Waals surface area contributed by atoms with Crippen LogP contribution in [-0.4, -0.2) is 58.3 Å². The van der Waals surface area contributed by atoms with Gasteiger partial charge in [0, 0.05) is 5.56 Å². The molecule has 0 saturated carbocycles. The summed E-state index contributed by atoms with van der Waals surface area (Å²) in [6, 6.07) is 4.79. The number of nitrogens with zero attached hydrogens (tertiary/aromatic N) is 2. The number of sulfonamides is 1. The molecular weight excluding hydrogens is 494 g/mol. The highest BCUT2D eigenvalue weighted by atomic mass is 32.2. The van der Waals surface area contributed by atoms with Crippen molar-refractivity contribution in [3.05, 3.63) is 30.6 Å². The van der Waals surface area contributed by atoms with Crippen molar-refractivity contribution in [2.24, 2.45) is 0 Å². The van der Waals surface area contributed by atoms with E-state index in [4.69, 9.17) is 14.2 Å². The molecule has 0 aliphatic heterocycles.